The second-order valence-electron chi connectivity index (χ2n) is 6.35. The molecule has 0 spiro atoms. The molecule has 1 N–H and O–H groups in total. The van der Waals surface area contributed by atoms with Crippen LogP contribution in [0.4, 0.5) is 0 Å². The summed E-state index contributed by atoms with van der Waals surface area (Å²) in [6.45, 7) is 2.12. The van der Waals surface area contributed by atoms with Gasteiger partial charge in [-0.2, -0.15) is 5.10 Å². The molecule has 2 heterocycles. The number of amides is 1. The van der Waals surface area contributed by atoms with Crippen LogP contribution in [0.2, 0.25) is 5.02 Å². The van der Waals surface area contributed by atoms with Crippen LogP contribution in [0.25, 0.3) is 11.5 Å². The van der Waals surface area contributed by atoms with Crippen molar-refractivity contribution in [1.29, 1.82) is 0 Å². The maximum Gasteiger partial charge on any atom is 0.236 e. The van der Waals surface area contributed by atoms with Gasteiger partial charge in [0.2, 0.25) is 11.8 Å². The lowest BCUT2D eigenvalue weighted by Gasteiger charge is -2.04. The smallest absolute Gasteiger partial charge is 0.236 e. The number of aromatic nitrogens is 1. The Balaban J connectivity index is 1.36. The molecule has 0 bridgehead atoms. The molecule has 0 atom stereocenters. The van der Waals surface area contributed by atoms with E-state index in [0.29, 0.717) is 39.0 Å². The summed E-state index contributed by atoms with van der Waals surface area (Å²) in [5.41, 5.74) is 2.32. The zero-order valence-electron chi connectivity index (χ0n) is 16.0. The summed E-state index contributed by atoms with van der Waals surface area (Å²) in [6, 6.07) is 14.8. The molecule has 152 valence electrons. The van der Waals surface area contributed by atoms with Crippen LogP contribution in [-0.4, -0.2) is 28.0 Å². The number of aryl methyl sites for hydroxylation is 1. The van der Waals surface area contributed by atoms with Crippen LogP contribution < -0.4 is 10.1 Å². The lowest BCUT2D eigenvalue weighted by molar-refractivity contribution is -0.116. The van der Waals surface area contributed by atoms with Gasteiger partial charge in [0.1, 0.15) is 23.8 Å². The predicted molar refractivity (Wildman–Crippen MR) is 118 cm³/mol. The monoisotopic (exact) mass is 440 g/mol. The fraction of sp³-hybridized carbons (Fsp3) is 0.143. The standard InChI is InChI=1S/C21H17ClN4O3S/c1-13-18(24-20(29-13)16-4-2-3-5-17(16)22)11-28-15-8-6-14(7-9-15)10-23-26-21-25-19(27)12-30-21/h2-10H,11-12H2,1H3,(H,25,26,27). The molecule has 1 aliphatic heterocycles. The molecule has 1 fully saturated rings. The first kappa shape index (κ1) is 20.2. The number of nitrogens with one attached hydrogen (secondary N) is 1. The van der Waals surface area contributed by atoms with Gasteiger partial charge in [-0.05, 0) is 48.9 Å². The Morgan fingerprint density at radius 2 is 2.07 bits per heavy atom. The molecule has 2 aromatic carbocycles. The molecule has 0 aliphatic carbocycles. The summed E-state index contributed by atoms with van der Waals surface area (Å²) in [5, 5.41) is 11.7. The van der Waals surface area contributed by atoms with Crippen molar-refractivity contribution in [2.24, 2.45) is 10.2 Å². The van der Waals surface area contributed by atoms with Gasteiger partial charge in [0.15, 0.2) is 5.17 Å². The first-order valence-corrected chi connectivity index (χ1v) is 10.4. The first-order chi connectivity index (χ1) is 14.6. The van der Waals surface area contributed by atoms with Crippen molar-refractivity contribution >= 4 is 40.7 Å². The van der Waals surface area contributed by atoms with Crippen molar-refractivity contribution in [1.82, 2.24) is 10.3 Å². The number of hydrogen-bond donors (Lipinski definition) is 1. The SMILES string of the molecule is Cc1oc(-c2ccccc2Cl)nc1COc1ccc(C=NN=C2NC(=O)CS2)cc1. The Labute approximate surface area is 182 Å². The Hall–Kier alpha value is -3.10. The summed E-state index contributed by atoms with van der Waals surface area (Å²) in [7, 11) is 0. The minimum Gasteiger partial charge on any atom is -0.487 e. The number of nitrogens with zero attached hydrogens (tertiary/aromatic N) is 3. The van der Waals surface area contributed by atoms with Crippen LogP contribution in [0.3, 0.4) is 0 Å². The highest BCUT2D eigenvalue weighted by Crippen LogP contribution is 2.28. The van der Waals surface area contributed by atoms with E-state index in [0.717, 1.165) is 11.1 Å². The van der Waals surface area contributed by atoms with Gasteiger partial charge in [0.25, 0.3) is 0 Å². The number of benzene rings is 2. The molecule has 9 heteroatoms. The molecule has 0 saturated carbocycles. The average Bonchev–Trinajstić information content (AvgIpc) is 3.33. The van der Waals surface area contributed by atoms with Gasteiger partial charge in [0.05, 0.1) is 22.6 Å². The van der Waals surface area contributed by atoms with Crippen molar-refractivity contribution in [2.75, 3.05) is 5.75 Å². The topological polar surface area (TPSA) is 89.1 Å². The summed E-state index contributed by atoms with van der Waals surface area (Å²) in [5.74, 6) is 2.17. The largest absolute Gasteiger partial charge is 0.487 e. The molecule has 1 amide bonds. The third-order valence-electron chi connectivity index (χ3n) is 4.19. The number of ether oxygens (including phenoxy) is 1. The van der Waals surface area contributed by atoms with Crippen LogP contribution in [0, 0.1) is 6.92 Å². The van der Waals surface area contributed by atoms with Crippen LogP contribution in [-0.2, 0) is 11.4 Å². The summed E-state index contributed by atoms with van der Waals surface area (Å²) in [4.78, 5) is 15.6. The number of carbonyl (C=O) groups excluding carboxylic acids is 1. The number of thioether (sulfide) groups is 1. The Morgan fingerprint density at radius 1 is 1.27 bits per heavy atom. The maximum atomic E-state index is 11.1. The number of amidine groups is 1. The molecule has 1 aliphatic rings. The van der Waals surface area contributed by atoms with E-state index in [9.17, 15) is 4.79 Å². The van der Waals surface area contributed by atoms with Crippen molar-refractivity contribution in [3.63, 3.8) is 0 Å². The van der Waals surface area contributed by atoms with Gasteiger partial charge in [0, 0.05) is 0 Å². The zero-order chi connectivity index (χ0) is 20.9. The quantitative estimate of drug-likeness (QED) is 0.452. The Kier molecular flexibility index (Phi) is 6.15. The first-order valence-electron chi connectivity index (χ1n) is 9.06. The van der Waals surface area contributed by atoms with Crippen LogP contribution in [0.5, 0.6) is 5.75 Å². The molecular formula is C21H17ClN4O3S. The van der Waals surface area contributed by atoms with E-state index in [2.05, 4.69) is 20.5 Å². The Bertz CT molecular complexity index is 1130. The van der Waals surface area contributed by atoms with E-state index >= 15 is 0 Å². The van der Waals surface area contributed by atoms with Crippen molar-refractivity contribution in [2.45, 2.75) is 13.5 Å². The summed E-state index contributed by atoms with van der Waals surface area (Å²) >= 11 is 7.55. The normalized spacial score (nSPS) is 15.1. The van der Waals surface area contributed by atoms with Gasteiger partial charge in [-0.1, -0.05) is 35.5 Å². The van der Waals surface area contributed by atoms with E-state index in [1.54, 1.807) is 12.3 Å². The van der Waals surface area contributed by atoms with E-state index in [4.69, 9.17) is 20.8 Å². The molecule has 30 heavy (non-hydrogen) atoms. The molecule has 7 nitrogen and oxygen atoms in total. The fourth-order valence-corrected chi connectivity index (χ4v) is 3.49. The van der Waals surface area contributed by atoms with Crippen LogP contribution >= 0.6 is 23.4 Å². The van der Waals surface area contributed by atoms with Gasteiger partial charge in [-0.3, -0.25) is 4.79 Å². The van der Waals surface area contributed by atoms with Gasteiger partial charge < -0.3 is 14.5 Å². The minimum atomic E-state index is -0.0585. The summed E-state index contributed by atoms with van der Waals surface area (Å²) < 4.78 is 11.6. The third-order valence-corrected chi connectivity index (χ3v) is 5.39. The highest BCUT2D eigenvalue weighted by atomic mass is 35.5. The number of carbonyl (C=O) groups is 1. The van der Waals surface area contributed by atoms with Gasteiger partial charge >= 0.3 is 0 Å². The number of oxazole rings is 1. The highest BCUT2D eigenvalue weighted by molar-refractivity contribution is 8.15. The average molecular weight is 441 g/mol. The van der Waals surface area contributed by atoms with Crippen molar-refractivity contribution in [3.05, 3.63) is 70.6 Å². The summed E-state index contributed by atoms with van der Waals surface area (Å²) in [6.07, 6.45) is 1.61. The molecule has 0 radical (unpaired) electrons. The highest BCUT2D eigenvalue weighted by Gasteiger charge is 2.16. The molecule has 0 unspecified atom stereocenters. The van der Waals surface area contributed by atoms with E-state index in [-0.39, 0.29) is 12.5 Å². The van der Waals surface area contributed by atoms with Crippen LogP contribution in [0.1, 0.15) is 17.0 Å². The van der Waals surface area contributed by atoms with E-state index < -0.39 is 0 Å². The van der Waals surface area contributed by atoms with Crippen LogP contribution in [0.15, 0.2) is 63.2 Å². The molecule has 3 aromatic rings. The molecular weight excluding hydrogens is 424 g/mol. The van der Waals surface area contributed by atoms with Gasteiger partial charge in [-0.15, -0.1) is 5.10 Å². The van der Waals surface area contributed by atoms with Crippen molar-refractivity contribution in [3.8, 4) is 17.2 Å². The number of halogens is 1. The molecule has 1 aromatic heterocycles. The second-order valence-corrected chi connectivity index (χ2v) is 7.72. The third kappa shape index (κ3) is 4.90. The molecule has 1 saturated heterocycles. The maximum absolute atomic E-state index is 11.1. The van der Waals surface area contributed by atoms with Gasteiger partial charge in [-0.25, -0.2) is 4.98 Å². The lowest BCUT2D eigenvalue weighted by Crippen LogP contribution is -2.19. The zero-order valence-corrected chi connectivity index (χ0v) is 17.5. The lowest BCUT2D eigenvalue weighted by atomic mass is 10.2. The van der Waals surface area contributed by atoms with E-state index in [1.165, 1.54) is 11.8 Å². The minimum absolute atomic E-state index is 0.0585. The van der Waals surface area contributed by atoms with Crippen molar-refractivity contribution < 1.29 is 13.9 Å². The molecule has 4 rings (SSSR count). The second kappa shape index (κ2) is 9.15. The Morgan fingerprint density at radius 3 is 2.80 bits per heavy atom. The predicted octanol–water partition coefficient (Wildman–Crippen LogP) is 4.44. The van der Waals surface area contributed by atoms with E-state index in [1.807, 2.05) is 49.4 Å². The number of hydrogen-bond acceptors (Lipinski definition) is 7. The number of rotatable bonds is 6. The fourth-order valence-electron chi connectivity index (χ4n) is 2.64.